The summed E-state index contributed by atoms with van der Waals surface area (Å²) in [5.74, 6) is 0.388. The van der Waals surface area contributed by atoms with Crippen molar-refractivity contribution in [3.8, 4) is 11.1 Å². The van der Waals surface area contributed by atoms with Crippen molar-refractivity contribution in [3.05, 3.63) is 54.1 Å². The van der Waals surface area contributed by atoms with Crippen molar-refractivity contribution in [2.75, 3.05) is 18.8 Å². The van der Waals surface area contributed by atoms with Gasteiger partial charge in [0.05, 0.1) is 0 Å². The van der Waals surface area contributed by atoms with Crippen LogP contribution in [0.2, 0.25) is 0 Å². The third kappa shape index (κ3) is 6.46. The molecule has 0 atom stereocenters. The standard InChI is InChI=1S/C23H27F2NO2S/c1-23(2,3)28-22(27)26-10-8-16(9-11-26)15-29-21-6-4-17(5-7-21)18-12-19(24)14-20(25)13-18/h4-7,12-14,16H,8-11,15H2,1-3H3. The first kappa shape index (κ1) is 21.6. The van der Waals surface area contributed by atoms with Gasteiger partial charge in [0.2, 0.25) is 0 Å². The molecule has 1 heterocycles. The molecule has 0 saturated carbocycles. The van der Waals surface area contributed by atoms with E-state index in [9.17, 15) is 13.6 Å². The highest BCUT2D eigenvalue weighted by Gasteiger charge is 2.26. The maximum atomic E-state index is 13.4. The summed E-state index contributed by atoms with van der Waals surface area (Å²) in [6.45, 7) is 7.09. The highest BCUT2D eigenvalue weighted by atomic mass is 32.2. The summed E-state index contributed by atoms with van der Waals surface area (Å²) >= 11 is 1.77. The number of halogens is 2. The van der Waals surface area contributed by atoms with Crippen LogP contribution in [0.5, 0.6) is 0 Å². The molecule has 6 heteroatoms. The molecule has 1 fully saturated rings. The Balaban J connectivity index is 1.48. The van der Waals surface area contributed by atoms with Gasteiger partial charge in [-0.2, -0.15) is 0 Å². The molecule has 3 rings (SSSR count). The minimum Gasteiger partial charge on any atom is -0.444 e. The van der Waals surface area contributed by atoms with Gasteiger partial charge < -0.3 is 9.64 Å². The Morgan fingerprint density at radius 1 is 1.03 bits per heavy atom. The highest BCUT2D eigenvalue weighted by Crippen LogP contribution is 2.29. The van der Waals surface area contributed by atoms with Crippen LogP contribution >= 0.6 is 11.8 Å². The molecule has 29 heavy (non-hydrogen) atoms. The van der Waals surface area contributed by atoms with Crippen molar-refractivity contribution in [1.82, 2.24) is 4.90 Å². The van der Waals surface area contributed by atoms with Gasteiger partial charge in [-0.25, -0.2) is 13.6 Å². The number of hydrogen-bond acceptors (Lipinski definition) is 3. The number of ether oxygens (including phenoxy) is 1. The SMILES string of the molecule is CC(C)(C)OC(=O)N1CCC(CSc2ccc(-c3cc(F)cc(F)c3)cc2)CC1. The maximum Gasteiger partial charge on any atom is 0.410 e. The number of carbonyl (C=O) groups is 1. The second-order valence-electron chi connectivity index (χ2n) is 8.40. The molecule has 0 bridgehead atoms. The van der Waals surface area contributed by atoms with E-state index in [-0.39, 0.29) is 6.09 Å². The van der Waals surface area contributed by atoms with Crippen LogP contribution in [0.4, 0.5) is 13.6 Å². The van der Waals surface area contributed by atoms with E-state index < -0.39 is 17.2 Å². The van der Waals surface area contributed by atoms with Crippen LogP contribution in [-0.2, 0) is 4.74 Å². The van der Waals surface area contributed by atoms with Crippen molar-refractivity contribution in [2.45, 2.75) is 44.1 Å². The zero-order chi connectivity index (χ0) is 21.0. The summed E-state index contributed by atoms with van der Waals surface area (Å²) in [6.07, 6.45) is 1.70. The van der Waals surface area contributed by atoms with E-state index in [4.69, 9.17) is 4.74 Å². The molecule has 0 radical (unpaired) electrons. The van der Waals surface area contributed by atoms with Crippen LogP contribution in [0.25, 0.3) is 11.1 Å². The summed E-state index contributed by atoms with van der Waals surface area (Å²) in [6, 6.07) is 11.3. The molecule has 2 aromatic carbocycles. The van der Waals surface area contributed by atoms with Crippen molar-refractivity contribution in [2.24, 2.45) is 5.92 Å². The lowest BCUT2D eigenvalue weighted by molar-refractivity contribution is 0.0191. The van der Waals surface area contributed by atoms with Gasteiger partial charge in [0, 0.05) is 29.8 Å². The Morgan fingerprint density at radius 3 is 2.17 bits per heavy atom. The van der Waals surface area contributed by atoms with Crippen LogP contribution in [-0.4, -0.2) is 35.4 Å². The molecule has 1 aliphatic heterocycles. The molecule has 156 valence electrons. The summed E-state index contributed by atoms with van der Waals surface area (Å²) < 4.78 is 32.2. The minimum atomic E-state index is -0.573. The first-order valence-electron chi connectivity index (χ1n) is 9.87. The van der Waals surface area contributed by atoms with Crippen LogP contribution in [0, 0.1) is 17.6 Å². The number of rotatable bonds is 4. The smallest absolute Gasteiger partial charge is 0.410 e. The number of likely N-dealkylation sites (tertiary alicyclic amines) is 1. The Hall–Kier alpha value is -2.08. The molecule has 1 aliphatic rings. The fraction of sp³-hybridized carbons (Fsp3) is 0.435. The monoisotopic (exact) mass is 419 g/mol. The lowest BCUT2D eigenvalue weighted by atomic mass is 9.99. The first-order chi connectivity index (χ1) is 13.7. The van der Waals surface area contributed by atoms with Gasteiger partial charge in [-0.05, 0) is 74.9 Å². The predicted molar refractivity (Wildman–Crippen MR) is 113 cm³/mol. The zero-order valence-electron chi connectivity index (χ0n) is 17.1. The Bertz CT molecular complexity index is 821. The maximum absolute atomic E-state index is 13.4. The van der Waals surface area contributed by atoms with E-state index in [1.54, 1.807) is 16.7 Å². The van der Waals surface area contributed by atoms with E-state index >= 15 is 0 Å². The normalized spacial score (nSPS) is 15.4. The molecule has 0 N–H and O–H groups in total. The number of amides is 1. The second-order valence-corrected chi connectivity index (χ2v) is 9.50. The van der Waals surface area contributed by atoms with E-state index in [1.165, 1.54) is 12.1 Å². The average Bonchev–Trinajstić information content (AvgIpc) is 2.65. The van der Waals surface area contributed by atoms with Crippen molar-refractivity contribution >= 4 is 17.9 Å². The molecular formula is C23H27F2NO2S. The number of piperidine rings is 1. The second kappa shape index (κ2) is 9.16. The van der Waals surface area contributed by atoms with Gasteiger partial charge in [-0.3, -0.25) is 0 Å². The van der Waals surface area contributed by atoms with Gasteiger partial charge in [-0.1, -0.05) is 12.1 Å². The van der Waals surface area contributed by atoms with Crippen LogP contribution in [0.3, 0.4) is 0 Å². The van der Waals surface area contributed by atoms with Crippen LogP contribution < -0.4 is 0 Å². The molecule has 0 unspecified atom stereocenters. The number of hydrogen-bond donors (Lipinski definition) is 0. The number of benzene rings is 2. The Morgan fingerprint density at radius 2 is 1.62 bits per heavy atom. The fourth-order valence-electron chi connectivity index (χ4n) is 3.29. The molecule has 0 aliphatic carbocycles. The molecule has 1 amide bonds. The van der Waals surface area contributed by atoms with Gasteiger partial charge in [-0.15, -0.1) is 11.8 Å². The van der Waals surface area contributed by atoms with Gasteiger partial charge in [0.25, 0.3) is 0 Å². The zero-order valence-corrected chi connectivity index (χ0v) is 17.9. The number of thioether (sulfide) groups is 1. The number of carbonyl (C=O) groups excluding carboxylic acids is 1. The largest absolute Gasteiger partial charge is 0.444 e. The topological polar surface area (TPSA) is 29.5 Å². The quantitative estimate of drug-likeness (QED) is 0.539. The van der Waals surface area contributed by atoms with Crippen molar-refractivity contribution in [1.29, 1.82) is 0 Å². The summed E-state index contributed by atoms with van der Waals surface area (Å²) in [4.78, 5) is 15.1. The van der Waals surface area contributed by atoms with E-state index in [2.05, 4.69) is 0 Å². The lowest BCUT2D eigenvalue weighted by Gasteiger charge is -2.33. The van der Waals surface area contributed by atoms with E-state index in [0.717, 1.165) is 48.2 Å². The minimum absolute atomic E-state index is 0.229. The third-order valence-corrected chi connectivity index (χ3v) is 6.05. The average molecular weight is 420 g/mol. The fourth-order valence-corrected chi connectivity index (χ4v) is 4.38. The van der Waals surface area contributed by atoms with Crippen LogP contribution in [0.15, 0.2) is 47.4 Å². The molecule has 0 spiro atoms. The molecule has 0 aromatic heterocycles. The Kier molecular flexibility index (Phi) is 6.83. The molecule has 2 aromatic rings. The third-order valence-electron chi connectivity index (χ3n) is 4.80. The first-order valence-corrected chi connectivity index (χ1v) is 10.9. The van der Waals surface area contributed by atoms with Gasteiger partial charge in [0.15, 0.2) is 0 Å². The molecular weight excluding hydrogens is 392 g/mol. The lowest BCUT2D eigenvalue weighted by Crippen LogP contribution is -2.42. The number of nitrogens with zero attached hydrogens (tertiary/aromatic N) is 1. The van der Waals surface area contributed by atoms with Gasteiger partial charge in [0.1, 0.15) is 17.2 Å². The Labute approximate surface area is 175 Å². The predicted octanol–water partition coefficient (Wildman–Crippen LogP) is 6.37. The summed E-state index contributed by atoms with van der Waals surface area (Å²) in [7, 11) is 0. The highest BCUT2D eigenvalue weighted by molar-refractivity contribution is 7.99. The van der Waals surface area contributed by atoms with Crippen molar-refractivity contribution in [3.63, 3.8) is 0 Å². The van der Waals surface area contributed by atoms with Gasteiger partial charge >= 0.3 is 6.09 Å². The van der Waals surface area contributed by atoms with Crippen molar-refractivity contribution < 1.29 is 18.3 Å². The summed E-state index contributed by atoms with van der Waals surface area (Å²) in [5, 5.41) is 0. The van der Waals surface area contributed by atoms with E-state index in [1.807, 2.05) is 45.0 Å². The van der Waals surface area contributed by atoms with E-state index in [0.29, 0.717) is 11.5 Å². The van der Waals surface area contributed by atoms with Crippen LogP contribution in [0.1, 0.15) is 33.6 Å². The molecule has 3 nitrogen and oxygen atoms in total. The molecule has 1 saturated heterocycles. The summed E-state index contributed by atoms with van der Waals surface area (Å²) in [5.41, 5.74) is 0.861.